The quantitative estimate of drug-likeness (QED) is 0.219. The Kier molecular flexibility index (Phi) is 7.58. The first-order valence-corrected chi connectivity index (χ1v) is 15.2. The van der Waals surface area contributed by atoms with Crippen LogP contribution in [0.4, 0.5) is 11.4 Å². The predicted octanol–water partition coefficient (Wildman–Crippen LogP) is 1.46. The molecule has 0 aliphatic carbocycles. The number of aromatic nitrogens is 4. The zero-order valence-electron chi connectivity index (χ0n) is 21.3. The maximum absolute atomic E-state index is 13.0. The van der Waals surface area contributed by atoms with Crippen molar-refractivity contribution in [3.05, 3.63) is 97.5 Å². The maximum Gasteiger partial charge on any atom is 0.280 e. The number of nitrogens with zero attached hydrogens (tertiary/aromatic N) is 4. The van der Waals surface area contributed by atoms with E-state index < -0.39 is 31.2 Å². The van der Waals surface area contributed by atoms with E-state index in [9.17, 15) is 36.9 Å². The summed E-state index contributed by atoms with van der Waals surface area (Å²) in [6.07, 6.45) is 4.39. The largest absolute Gasteiger partial charge is 0.284 e. The summed E-state index contributed by atoms with van der Waals surface area (Å²) in [5.74, 6) is 0. The smallest absolute Gasteiger partial charge is 0.280 e. The van der Waals surface area contributed by atoms with E-state index in [-0.39, 0.29) is 33.9 Å². The molecule has 0 atom stereocenters. The molecule has 41 heavy (non-hydrogen) atoms. The minimum atomic E-state index is -3.49. The second-order valence-corrected chi connectivity index (χ2v) is 12.1. The van der Waals surface area contributed by atoms with Crippen LogP contribution in [0.1, 0.15) is 22.5 Å². The number of rotatable bonds is 8. The van der Waals surface area contributed by atoms with Crippen molar-refractivity contribution in [3.63, 3.8) is 0 Å². The highest BCUT2D eigenvalue weighted by Crippen LogP contribution is 2.16. The van der Waals surface area contributed by atoms with E-state index >= 15 is 0 Å². The highest BCUT2D eigenvalue weighted by atomic mass is 32.2. The Morgan fingerprint density at radius 1 is 0.683 bits per heavy atom. The molecule has 2 heterocycles. The molecule has 0 fully saturated rings. The average Bonchev–Trinajstić information content (AvgIpc) is 3.39. The number of aromatic amines is 2. The van der Waals surface area contributed by atoms with E-state index in [1.54, 1.807) is 0 Å². The van der Waals surface area contributed by atoms with Gasteiger partial charge < -0.3 is 0 Å². The average molecular weight is 593 g/mol. The topological polar surface area (TPSA) is 215 Å². The summed E-state index contributed by atoms with van der Waals surface area (Å²) in [5, 5.41) is 24.4. The van der Waals surface area contributed by atoms with Gasteiger partial charge in [0.2, 0.25) is 20.0 Å². The highest BCUT2D eigenvalue weighted by molar-refractivity contribution is 7.92. The number of anilines is 2. The molecule has 16 heteroatoms. The predicted molar refractivity (Wildman–Crippen MR) is 152 cm³/mol. The fourth-order valence-corrected chi connectivity index (χ4v) is 4.82. The van der Waals surface area contributed by atoms with Gasteiger partial charge in [-0.2, -0.15) is 10.5 Å². The summed E-state index contributed by atoms with van der Waals surface area (Å²) in [5.41, 5.74) is 2.36. The molecule has 0 unspecified atom stereocenters. The molecule has 0 aliphatic rings. The van der Waals surface area contributed by atoms with Crippen LogP contribution < -0.4 is 20.6 Å². The van der Waals surface area contributed by atoms with Crippen molar-refractivity contribution in [2.45, 2.75) is 0 Å². The van der Waals surface area contributed by atoms with E-state index in [2.05, 4.69) is 25.4 Å². The van der Waals surface area contributed by atoms with Crippen LogP contribution in [-0.2, 0) is 20.0 Å². The van der Waals surface area contributed by atoms with Crippen LogP contribution in [0, 0.1) is 22.7 Å². The van der Waals surface area contributed by atoms with Gasteiger partial charge in [0.15, 0.2) is 0 Å². The van der Waals surface area contributed by atoms with Crippen molar-refractivity contribution in [3.8, 4) is 23.5 Å². The van der Waals surface area contributed by atoms with Crippen LogP contribution >= 0.6 is 0 Å². The molecule has 14 nitrogen and oxygen atoms in total. The van der Waals surface area contributed by atoms with Gasteiger partial charge in [0.25, 0.3) is 11.1 Å². The summed E-state index contributed by atoms with van der Waals surface area (Å²) < 4.78 is 52.4. The number of hydrogen-bond donors (Lipinski definition) is 4. The Morgan fingerprint density at radius 3 is 1.32 bits per heavy atom. The van der Waals surface area contributed by atoms with Crippen molar-refractivity contribution in [2.75, 3.05) is 22.0 Å². The van der Waals surface area contributed by atoms with Gasteiger partial charge in [-0.1, -0.05) is 0 Å². The second kappa shape index (κ2) is 10.9. The van der Waals surface area contributed by atoms with Gasteiger partial charge in [-0.05, 0) is 60.7 Å². The van der Waals surface area contributed by atoms with Crippen molar-refractivity contribution >= 4 is 43.6 Å². The van der Waals surface area contributed by atoms with Gasteiger partial charge >= 0.3 is 0 Å². The number of benzene rings is 2. The molecule has 2 aromatic heterocycles. The molecule has 0 amide bonds. The Labute approximate surface area is 233 Å². The summed E-state index contributed by atoms with van der Waals surface area (Å²) >= 11 is 0. The Bertz CT molecular complexity index is 1980. The van der Waals surface area contributed by atoms with Crippen LogP contribution in [0.15, 0.2) is 63.9 Å². The zero-order chi connectivity index (χ0) is 29.9. The molecule has 0 bridgehead atoms. The van der Waals surface area contributed by atoms with Crippen LogP contribution in [-0.4, -0.2) is 48.9 Å². The third-order valence-electron chi connectivity index (χ3n) is 5.39. The van der Waals surface area contributed by atoms with Gasteiger partial charge in [-0.3, -0.25) is 29.2 Å². The summed E-state index contributed by atoms with van der Waals surface area (Å²) in [4.78, 5) is 26.0. The third kappa shape index (κ3) is 6.55. The van der Waals surface area contributed by atoms with Crippen LogP contribution in [0.2, 0.25) is 0 Å². The van der Waals surface area contributed by atoms with Crippen LogP contribution in [0.3, 0.4) is 0 Å². The van der Waals surface area contributed by atoms with Crippen molar-refractivity contribution in [2.24, 2.45) is 0 Å². The number of nitrogens with one attached hydrogen (secondary N) is 4. The number of nitriles is 2. The number of sulfonamides is 2. The SMILES string of the molecule is CS(=O)(=O)Nc1ccc(-n2[nH]c(C#N)c(C=C=Cc3c(C#N)[nH]n(-c4ccc(NS(C)(=O)=O)cc4)c3=O)c2=O)cc1. The highest BCUT2D eigenvalue weighted by Gasteiger charge is 2.15. The Balaban J connectivity index is 1.67. The van der Waals surface area contributed by atoms with Crippen LogP contribution in [0.25, 0.3) is 23.5 Å². The molecule has 4 aromatic rings. The first-order valence-electron chi connectivity index (χ1n) is 11.4. The zero-order valence-corrected chi connectivity index (χ0v) is 23.0. The number of hydrogen-bond acceptors (Lipinski definition) is 8. The molecule has 0 saturated heterocycles. The standard InChI is InChI=1S/C25H20N8O6S2/c1-40(36,37)30-16-6-10-18(11-7-16)32-24(34)20(22(14-26)28-32)4-3-5-21-23(15-27)29-33(25(21)35)19-12-8-17(9-13-19)31-41(2,38)39/h4-13,28-31H,1-2H3. The lowest BCUT2D eigenvalue weighted by molar-refractivity contribution is 0.605. The molecule has 0 spiro atoms. The minimum absolute atomic E-state index is 0.0644. The second-order valence-electron chi connectivity index (χ2n) is 8.60. The van der Waals surface area contributed by atoms with Crippen molar-refractivity contribution in [1.82, 2.24) is 19.6 Å². The fraction of sp³-hybridized carbons (Fsp3) is 0.0800. The van der Waals surface area contributed by atoms with Gasteiger partial charge in [0.1, 0.15) is 23.5 Å². The molecule has 4 rings (SSSR count). The molecule has 0 radical (unpaired) electrons. The Morgan fingerprint density at radius 2 is 1.02 bits per heavy atom. The van der Waals surface area contributed by atoms with E-state index in [1.807, 2.05) is 12.1 Å². The third-order valence-corrected chi connectivity index (χ3v) is 6.60. The molecule has 2 aromatic carbocycles. The van der Waals surface area contributed by atoms with Gasteiger partial charge in [0, 0.05) is 11.4 Å². The lowest BCUT2D eigenvalue weighted by Crippen LogP contribution is -2.16. The maximum atomic E-state index is 13.0. The lowest BCUT2D eigenvalue weighted by Gasteiger charge is -2.05. The molecular formula is C25H20N8O6S2. The first-order chi connectivity index (χ1) is 19.3. The fourth-order valence-electron chi connectivity index (χ4n) is 3.70. The summed E-state index contributed by atoms with van der Waals surface area (Å²) in [6.45, 7) is 0. The van der Waals surface area contributed by atoms with E-state index in [1.165, 1.54) is 60.7 Å². The lowest BCUT2D eigenvalue weighted by atomic mass is 10.2. The molecule has 4 N–H and O–H groups in total. The first kappa shape index (κ1) is 28.5. The molecule has 0 aliphatic heterocycles. The Hall–Kier alpha value is -5.54. The van der Waals surface area contributed by atoms with Gasteiger partial charge in [0.05, 0.1) is 35.0 Å². The number of H-pyrrole nitrogens is 2. The van der Waals surface area contributed by atoms with Gasteiger partial charge in [-0.15, -0.1) is 5.73 Å². The minimum Gasteiger partial charge on any atom is -0.284 e. The monoisotopic (exact) mass is 592 g/mol. The van der Waals surface area contributed by atoms with E-state index in [0.29, 0.717) is 11.4 Å². The van der Waals surface area contributed by atoms with Crippen LogP contribution in [0.5, 0.6) is 0 Å². The van der Waals surface area contributed by atoms with Gasteiger partial charge in [-0.25, -0.2) is 26.2 Å². The van der Waals surface area contributed by atoms with E-state index in [0.717, 1.165) is 21.9 Å². The van der Waals surface area contributed by atoms with Crippen molar-refractivity contribution in [1.29, 1.82) is 10.5 Å². The molecule has 0 saturated carbocycles. The summed E-state index contributed by atoms with van der Waals surface area (Å²) in [7, 11) is -6.98. The summed E-state index contributed by atoms with van der Waals surface area (Å²) in [6, 6.07) is 15.4. The molecule has 208 valence electrons. The van der Waals surface area contributed by atoms with E-state index in [4.69, 9.17) is 0 Å². The van der Waals surface area contributed by atoms with Crippen molar-refractivity contribution < 1.29 is 16.8 Å². The normalized spacial score (nSPS) is 11.1. The molecular weight excluding hydrogens is 572 g/mol.